The number of carbonyl (C=O) groups is 3. The molecule has 5 N–H and O–H groups in total. The Morgan fingerprint density at radius 2 is 1.26 bits per heavy atom. The van der Waals surface area contributed by atoms with Crippen molar-refractivity contribution in [1.29, 1.82) is 0 Å². The minimum Gasteiger partial charge on any atom is -0.480 e. The number of nitrogens with zero attached hydrogens (tertiary/aromatic N) is 2. The summed E-state index contributed by atoms with van der Waals surface area (Å²) in [6, 6.07) is 17.4. The Balaban J connectivity index is 0. The summed E-state index contributed by atoms with van der Waals surface area (Å²) in [4.78, 5) is 48.7. The first-order chi connectivity index (χ1) is 18.0. The van der Waals surface area contributed by atoms with Crippen LogP contribution in [0, 0.1) is 20.2 Å². The summed E-state index contributed by atoms with van der Waals surface area (Å²) >= 11 is 0. The van der Waals surface area contributed by atoms with Crippen molar-refractivity contribution in [1.82, 2.24) is 5.32 Å². The summed E-state index contributed by atoms with van der Waals surface area (Å²) in [6.45, 7) is 9.45. The molecular weight excluding hydrogens is 512 g/mol. The lowest BCUT2D eigenvalue weighted by Crippen LogP contribution is -2.56. The zero-order chi connectivity index (χ0) is 30.8. The van der Waals surface area contributed by atoms with Crippen LogP contribution in [0.2, 0.25) is 0 Å². The lowest BCUT2D eigenvalue weighted by Gasteiger charge is -2.27. The lowest BCUT2D eigenvalue weighted by molar-refractivity contribution is -0.563. The Kier molecular flexibility index (Phi) is 17.9. The van der Waals surface area contributed by atoms with Gasteiger partial charge in [0.25, 0.3) is 0 Å². The van der Waals surface area contributed by atoms with Crippen LogP contribution in [0.1, 0.15) is 64.8 Å². The second-order valence-electron chi connectivity index (χ2n) is 9.02. The Morgan fingerprint density at radius 1 is 0.897 bits per heavy atom. The number of carboxylic acids is 2. The van der Waals surface area contributed by atoms with Crippen LogP contribution in [0.15, 0.2) is 60.7 Å². The van der Waals surface area contributed by atoms with E-state index in [1.165, 1.54) is 19.4 Å². The fourth-order valence-corrected chi connectivity index (χ4v) is 2.53. The number of rotatable bonds is 9. The van der Waals surface area contributed by atoms with Gasteiger partial charge in [0.15, 0.2) is 6.04 Å². The molecule has 216 valence electrons. The number of nitrogens with one attached hydrogen (secondary N) is 1. The van der Waals surface area contributed by atoms with E-state index in [0.717, 1.165) is 5.56 Å². The van der Waals surface area contributed by atoms with E-state index in [-0.39, 0.29) is 23.3 Å². The van der Waals surface area contributed by atoms with E-state index in [2.05, 4.69) is 5.32 Å². The number of carboxylic acid groups (broad SMARTS) is 2. The zero-order valence-corrected chi connectivity index (χ0v) is 22.9. The Labute approximate surface area is 227 Å². The minimum atomic E-state index is -1.59. The fourth-order valence-electron chi connectivity index (χ4n) is 2.53. The van der Waals surface area contributed by atoms with Crippen LogP contribution >= 0.6 is 0 Å². The molecule has 0 aromatic heterocycles. The molecule has 0 fully saturated rings. The highest BCUT2D eigenvalue weighted by atomic mass is 16.6. The van der Waals surface area contributed by atoms with Crippen molar-refractivity contribution in [2.24, 2.45) is 5.73 Å². The molecule has 2 aromatic carbocycles. The van der Waals surface area contributed by atoms with Gasteiger partial charge in [-0.2, -0.15) is 0 Å². The van der Waals surface area contributed by atoms with Gasteiger partial charge < -0.3 is 15.9 Å². The Hall–Kier alpha value is -4.23. The van der Waals surface area contributed by atoms with Crippen molar-refractivity contribution >= 4 is 18.2 Å². The molecule has 2 aromatic rings. The molecule has 0 spiro atoms. The van der Waals surface area contributed by atoms with Gasteiger partial charge in [0, 0.05) is 49.6 Å². The van der Waals surface area contributed by atoms with E-state index in [4.69, 9.17) is 20.4 Å². The number of nitro groups is 2. The van der Waals surface area contributed by atoms with Gasteiger partial charge in [-0.15, -0.1) is 0 Å². The van der Waals surface area contributed by atoms with Crippen molar-refractivity contribution in [2.45, 2.75) is 71.2 Å². The maximum atomic E-state index is 11.3. The van der Waals surface area contributed by atoms with Crippen molar-refractivity contribution in [3.05, 3.63) is 92.0 Å². The third kappa shape index (κ3) is 16.3. The van der Waals surface area contributed by atoms with E-state index in [1.54, 1.807) is 20.8 Å². The average Bonchev–Trinajstić information content (AvgIpc) is 2.88. The molecule has 0 aliphatic carbocycles. The molecule has 0 unspecified atom stereocenters. The molecule has 2 rings (SSSR count). The van der Waals surface area contributed by atoms with Gasteiger partial charge in [-0.3, -0.25) is 35.1 Å². The van der Waals surface area contributed by atoms with Crippen LogP contribution in [0.25, 0.3) is 0 Å². The summed E-state index contributed by atoms with van der Waals surface area (Å²) < 4.78 is 0. The van der Waals surface area contributed by atoms with Crippen LogP contribution in [0.3, 0.4) is 0 Å². The lowest BCUT2D eigenvalue weighted by atomic mass is 9.94. The molecule has 0 heterocycles. The maximum absolute atomic E-state index is 11.3. The summed E-state index contributed by atoms with van der Waals surface area (Å²) in [5.41, 5.74) is 6.10. The summed E-state index contributed by atoms with van der Waals surface area (Å²) in [5, 5.41) is 39.8. The van der Waals surface area contributed by atoms with Crippen LogP contribution in [0.4, 0.5) is 0 Å². The van der Waals surface area contributed by atoms with E-state index >= 15 is 0 Å². The van der Waals surface area contributed by atoms with Crippen LogP contribution in [-0.2, 0) is 14.4 Å². The Bertz CT molecular complexity index is 1030. The second kappa shape index (κ2) is 18.9. The van der Waals surface area contributed by atoms with Crippen molar-refractivity contribution < 1.29 is 34.4 Å². The quantitative estimate of drug-likeness (QED) is 0.153. The first-order valence-corrected chi connectivity index (χ1v) is 11.8. The predicted octanol–water partition coefficient (Wildman–Crippen LogP) is 3.49. The summed E-state index contributed by atoms with van der Waals surface area (Å²) in [6.07, 6.45) is -0.167. The number of nitrogens with two attached hydrogens (primary N) is 1. The maximum Gasteiger partial charge on any atom is 0.368 e. The van der Waals surface area contributed by atoms with Crippen LogP contribution in [0.5, 0.6) is 0 Å². The number of hydrogen-bond acceptors (Lipinski definition) is 9. The van der Waals surface area contributed by atoms with E-state index in [9.17, 15) is 30.1 Å². The number of carbonyl (C=O) groups excluding carboxylic acids is 1. The van der Waals surface area contributed by atoms with Gasteiger partial charge in [0.05, 0.1) is 0 Å². The van der Waals surface area contributed by atoms with Gasteiger partial charge >= 0.3 is 11.9 Å². The predicted molar refractivity (Wildman–Crippen MR) is 145 cm³/mol. The molecule has 0 aliphatic heterocycles. The minimum absolute atomic E-state index is 0.159. The van der Waals surface area contributed by atoms with Gasteiger partial charge in [-0.05, 0) is 25.0 Å². The normalized spacial score (nSPS) is 12.4. The first kappa shape index (κ1) is 36.9. The Morgan fingerprint density at radius 3 is 1.49 bits per heavy atom. The second-order valence-corrected chi connectivity index (χ2v) is 9.02. The van der Waals surface area contributed by atoms with E-state index in [1.807, 2.05) is 67.6 Å². The highest BCUT2D eigenvalue weighted by Gasteiger charge is 2.46. The molecule has 13 heteroatoms. The molecule has 0 bridgehead atoms. The van der Waals surface area contributed by atoms with Gasteiger partial charge in [0.1, 0.15) is 0 Å². The molecule has 0 saturated carbocycles. The number of aldehydes is 1. The molecule has 0 saturated heterocycles. The van der Waals surface area contributed by atoms with Gasteiger partial charge in [0.2, 0.25) is 17.9 Å². The molecule has 39 heavy (non-hydrogen) atoms. The van der Waals surface area contributed by atoms with Gasteiger partial charge in [-0.25, -0.2) is 4.79 Å². The highest BCUT2D eigenvalue weighted by Crippen LogP contribution is 2.19. The number of hydrogen-bond donors (Lipinski definition) is 4. The third-order valence-corrected chi connectivity index (χ3v) is 4.99. The standard InChI is InChI=1S/C13H18N2O4.C8H11N.C3H7NO2.C2H2O3/c1-9(10-7-5-4-6-8-10)14-11(12(16)17)13(2,3)15(18)19;1-7(9)8-5-3-2-4-6-8;1-3(2)4(5)6;3-1-2(4)5/h4-9,11,14H,1-3H3,(H,16,17);2-7H,9H2,1H3;3H,1-2H3;1H,(H,4,5)/t9-,11+;7-;;/m11../s1. The van der Waals surface area contributed by atoms with Crippen molar-refractivity contribution in [3.8, 4) is 0 Å². The molecule has 0 aliphatic rings. The SMILES string of the molecule is CC(C)[N+](=O)[O-].C[C@@H](N)c1ccccc1.C[C@@H](N[C@@H](C(=O)O)C(C)(C)[N+](=O)[O-])c1ccccc1.O=CC(=O)O. The smallest absolute Gasteiger partial charge is 0.368 e. The fraction of sp³-hybridized carbons (Fsp3) is 0.423. The van der Waals surface area contributed by atoms with Gasteiger partial charge in [-0.1, -0.05) is 60.7 Å². The molecule has 13 nitrogen and oxygen atoms in total. The molecule has 3 atom stereocenters. The molecule has 0 amide bonds. The van der Waals surface area contributed by atoms with Crippen LogP contribution in [-0.4, -0.2) is 55.9 Å². The van der Waals surface area contributed by atoms with Crippen molar-refractivity contribution in [3.63, 3.8) is 0 Å². The topological polar surface area (TPSA) is 216 Å². The summed E-state index contributed by atoms with van der Waals surface area (Å²) in [5.74, 6) is -2.66. The molecular formula is C26H38N4O9. The van der Waals surface area contributed by atoms with Crippen molar-refractivity contribution in [2.75, 3.05) is 0 Å². The van der Waals surface area contributed by atoms with Crippen LogP contribution < -0.4 is 11.1 Å². The summed E-state index contributed by atoms with van der Waals surface area (Å²) in [7, 11) is 0. The third-order valence-electron chi connectivity index (χ3n) is 4.99. The average molecular weight is 551 g/mol. The molecule has 0 radical (unpaired) electrons. The number of benzene rings is 2. The first-order valence-electron chi connectivity index (χ1n) is 11.8. The highest BCUT2D eigenvalue weighted by molar-refractivity contribution is 6.19. The monoisotopic (exact) mass is 550 g/mol. The zero-order valence-electron chi connectivity index (χ0n) is 22.9. The van der Waals surface area contributed by atoms with E-state index in [0.29, 0.717) is 0 Å². The number of aliphatic carboxylic acids is 2. The largest absolute Gasteiger partial charge is 0.480 e. The van der Waals surface area contributed by atoms with E-state index < -0.39 is 34.5 Å².